The number of aryl methyl sites for hydroxylation is 2. The average Bonchev–Trinajstić information content (AvgIpc) is 3.56. The Hall–Kier alpha value is -3.01. The van der Waals surface area contributed by atoms with Gasteiger partial charge in [0.15, 0.2) is 0 Å². The Morgan fingerprint density at radius 1 is 0.882 bits per heavy atom. The number of nitrogens with zero attached hydrogens (tertiary/aromatic N) is 1. The van der Waals surface area contributed by atoms with Crippen LogP contribution < -0.4 is 26.0 Å². The van der Waals surface area contributed by atoms with Gasteiger partial charge in [0.25, 0.3) is 0 Å². The van der Waals surface area contributed by atoms with Crippen molar-refractivity contribution in [2.75, 3.05) is 7.11 Å². The number of hydrogen-bond acceptors (Lipinski definition) is 2. The molecule has 2 aromatic heterocycles. The van der Waals surface area contributed by atoms with Crippen LogP contribution in [-0.4, -0.2) is 17.1 Å². The highest BCUT2D eigenvalue weighted by Crippen LogP contribution is 2.12. The van der Waals surface area contributed by atoms with E-state index in [9.17, 15) is 0 Å². The zero-order valence-electron chi connectivity index (χ0n) is 21.0. The van der Waals surface area contributed by atoms with Crippen molar-refractivity contribution in [2.24, 2.45) is 4.99 Å². The monoisotopic (exact) mass is 457 g/mol. The summed E-state index contributed by atoms with van der Waals surface area (Å²) in [7, 11) is 1.71. The first kappa shape index (κ1) is 24.1. The number of aromatic amines is 2. The molecule has 34 heavy (non-hydrogen) atoms. The first-order valence-electron chi connectivity index (χ1n) is 13.0. The molecule has 0 bridgehead atoms. The molecule has 0 saturated carbocycles. The Balaban J connectivity index is 1.38. The zero-order chi connectivity index (χ0) is 23.8. The molecule has 3 aromatic rings. The summed E-state index contributed by atoms with van der Waals surface area (Å²) < 4.78 is 5.65. The van der Waals surface area contributed by atoms with Gasteiger partial charge in [0.1, 0.15) is 5.75 Å². The van der Waals surface area contributed by atoms with E-state index in [4.69, 9.17) is 9.73 Å². The summed E-state index contributed by atoms with van der Waals surface area (Å²) in [6.07, 6.45) is 17.6. The third-order valence-corrected chi connectivity index (χ3v) is 6.64. The molecule has 0 unspecified atom stereocenters. The quantitative estimate of drug-likeness (QED) is 0.378. The van der Waals surface area contributed by atoms with Crippen LogP contribution in [0, 0.1) is 6.92 Å². The van der Waals surface area contributed by atoms with Crippen LogP contribution in [0.4, 0.5) is 0 Å². The van der Waals surface area contributed by atoms with Crippen molar-refractivity contribution in [2.45, 2.75) is 78.1 Å². The number of nitrogens with one attached hydrogen (secondary N) is 2. The summed E-state index contributed by atoms with van der Waals surface area (Å²) in [6, 6.07) is 12.8. The van der Waals surface area contributed by atoms with E-state index in [1.54, 1.807) is 7.11 Å². The minimum atomic E-state index is 0.827. The number of hydrogen-bond donors (Lipinski definition) is 2. The van der Waals surface area contributed by atoms with Crippen molar-refractivity contribution in [3.63, 3.8) is 0 Å². The van der Waals surface area contributed by atoms with E-state index in [0.29, 0.717) is 0 Å². The van der Waals surface area contributed by atoms with E-state index in [-0.39, 0.29) is 0 Å². The van der Waals surface area contributed by atoms with Crippen LogP contribution in [0.25, 0.3) is 17.8 Å². The molecule has 4 nitrogen and oxygen atoms in total. The topological polar surface area (TPSA) is 53.2 Å². The molecule has 1 aromatic carbocycles. The lowest BCUT2D eigenvalue weighted by atomic mass is 10.1. The number of fused-ring (bicyclic) bond motifs is 1. The molecule has 0 aliphatic carbocycles. The Morgan fingerprint density at radius 3 is 2.41 bits per heavy atom. The predicted molar refractivity (Wildman–Crippen MR) is 142 cm³/mol. The van der Waals surface area contributed by atoms with Crippen molar-refractivity contribution in [1.82, 2.24) is 9.97 Å². The minimum Gasteiger partial charge on any atom is -0.494 e. The minimum absolute atomic E-state index is 0.827. The van der Waals surface area contributed by atoms with Gasteiger partial charge in [0, 0.05) is 22.7 Å². The van der Waals surface area contributed by atoms with Crippen molar-refractivity contribution in [1.29, 1.82) is 0 Å². The SMILES string of the molecule is CCCCCCCCCCCc1ccc(C=c2[nH]c(=C3C=c4cc(C)ccc4=N3)cc2OC)[nH]1. The third-order valence-electron chi connectivity index (χ3n) is 6.64. The Kier molecular flexibility index (Phi) is 8.46. The van der Waals surface area contributed by atoms with E-state index < -0.39 is 0 Å². The number of H-pyrrole nitrogens is 2. The van der Waals surface area contributed by atoms with E-state index in [1.807, 2.05) is 6.07 Å². The molecule has 0 fully saturated rings. The summed E-state index contributed by atoms with van der Waals surface area (Å²) in [4.78, 5) is 11.9. The summed E-state index contributed by atoms with van der Waals surface area (Å²) in [5, 5.41) is 4.11. The van der Waals surface area contributed by atoms with Crippen molar-refractivity contribution in [3.05, 3.63) is 74.6 Å². The molecule has 4 heteroatoms. The molecule has 4 rings (SSSR count). The highest BCUT2D eigenvalue weighted by Gasteiger charge is 2.06. The Morgan fingerprint density at radius 2 is 1.65 bits per heavy atom. The smallest absolute Gasteiger partial charge is 0.144 e. The van der Waals surface area contributed by atoms with Crippen molar-refractivity contribution < 1.29 is 4.74 Å². The van der Waals surface area contributed by atoms with Gasteiger partial charge in [0.2, 0.25) is 0 Å². The van der Waals surface area contributed by atoms with E-state index in [2.05, 4.69) is 66.3 Å². The first-order valence-corrected chi connectivity index (χ1v) is 13.0. The van der Waals surface area contributed by atoms with Gasteiger partial charge >= 0.3 is 0 Å². The van der Waals surface area contributed by atoms with Crippen molar-refractivity contribution in [3.8, 4) is 5.75 Å². The molecule has 3 heterocycles. The van der Waals surface area contributed by atoms with Crippen LogP contribution in [0.3, 0.4) is 0 Å². The van der Waals surface area contributed by atoms with Crippen LogP contribution in [0.1, 0.15) is 81.7 Å². The molecular weight excluding hydrogens is 418 g/mol. The number of rotatable bonds is 12. The molecule has 1 aliphatic heterocycles. The number of benzene rings is 1. The predicted octanol–water partition coefficient (Wildman–Crippen LogP) is 4.78. The fourth-order valence-corrected chi connectivity index (χ4v) is 4.68. The van der Waals surface area contributed by atoms with Gasteiger partial charge in [-0.2, -0.15) is 0 Å². The second-order valence-electron chi connectivity index (χ2n) is 9.53. The fourth-order valence-electron chi connectivity index (χ4n) is 4.68. The first-order chi connectivity index (χ1) is 16.7. The van der Waals surface area contributed by atoms with E-state index >= 15 is 0 Å². The maximum atomic E-state index is 5.65. The largest absolute Gasteiger partial charge is 0.494 e. The lowest BCUT2D eigenvalue weighted by Gasteiger charge is -2.01. The number of methoxy groups -OCH3 is 1. The lowest BCUT2D eigenvalue weighted by molar-refractivity contribution is 0.412. The van der Waals surface area contributed by atoms with Crippen LogP contribution in [-0.2, 0) is 6.42 Å². The number of aromatic nitrogens is 2. The zero-order valence-corrected chi connectivity index (χ0v) is 21.0. The highest BCUT2D eigenvalue weighted by atomic mass is 16.5. The van der Waals surface area contributed by atoms with E-state index in [1.165, 1.54) is 74.3 Å². The highest BCUT2D eigenvalue weighted by molar-refractivity contribution is 5.77. The van der Waals surface area contributed by atoms with Crippen molar-refractivity contribution >= 4 is 17.8 Å². The molecule has 180 valence electrons. The van der Waals surface area contributed by atoms with Gasteiger partial charge in [-0.1, -0.05) is 69.9 Å². The standard InChI is InChI=1S/C30H39N3O/c1-4-5-6-7-8-9-10-11-12-13-24-15-16-25(31-24)20-29-30(34-3)21-28(33-29)27-19-23-18-22(2)14-17-26(23)32-27/h14-21,31,33H,4-13H2,1-3H3. The molecule has 0 spiro atoms. The molecule has 0 saturated heterocycles. The molecule has 1 aliphatic rings. The molecule has 0 atom stereocenters. The van der Waals surface area contributed by atoms with Gasteiger partial charge in [-0.3, -0.25) is 0 Å². The fraction of sp³-hybridized carbons (Fsp3) is 0.433. The van der Waals surface area contributed by atoms with Gasteiger partial charge in [0.05, 0.1) is 28.9 Å². The van der Waals surface area contributed by atoms with E-state index in [0.717, 1.165) is 39.6 Å². The van der Waals surface area contributed by atoms with Crippen LogP contribution in [0.2, 0.25) is 0 Å². The Labute approximate surface area is 203 Å². The molecule has 2 N–H and O–H groups in total. The summed E-state index contributed by atoms with van der Waals surface area (Å²) >= 11 is 0. The van der Waals surface area contributed by atoms with Crippen LogP contribution >= 0.6 is 0 Å². The van der Waals surface area contributed by atoms with Gasteiger partial charge in [-0.15, -0.1) is 0 Å². The second-order valence-corrected chi connectivity index (χ2v) is 9.53. The molecular formula is C30H39N3O. The van der Waals surface area contributed by atoms with Gasteiger partial charge in [-0.05, 0) is 56.2 Å². The van der Waals surface area contributed by atoms with Crippen LogP contribution in [0.15, 0.2) is 41.4 Å². The molecule has 0 radical (unpaired) electrons. The van der Waals surface area contributed by atoms with Crippen LogP contribution in [0.5, 0.6) is 5.75 Å². The molecule has 0 amide bonds. The number of ether oxygens (including phenoxy) is 1. The van der Waals surface area contributed by atoms with Gasteiger partial charge < -0.3 is 14.7 Å². The number of unbranched alkanes of at least 4 members (excludes halogenated alkanes) is 8. The average molecular weight is 458 g/mol. The third kappa shape index (κ3) is 6.31. The maximum Gasteiger partial charge on any atom is 0.144 e. The summed E-state index contributed by atoms with van der Waals surface area (Å²) in [5.74, 6) is 0.827. The van der Waals surface area contributed by atoms with Gasteiger partial charge in [-0.25, -0.2) is 4.99 Å². The Bertz CT molecular complexity index is 1330. The summed E-state index contributed by atoms with van der Waals surface area (Å²) in [6.45, 7) is 4.39. The maximum absolute atomic E-state index is 5.65. The normalized spacial score (nSPS) is 14.7. The second kappa shape index (κ2) is 11.9. The lowest BCUT2D eigenvalue weighted by Crippen LogP contribution is -2.20. The summed E-state index contributed by atoms with van der Waals surface area (Å²) in [5.41, 5.74) is 4.58.